The van der Waals surface area contributed by atoms with Crippen LogP contribution in [0.1, 0.15) is 21.5 Å². The predicted molar refractivity (Wildman–Crippen MR) is 81.4 cm³/mol. The lowest BCUT2D eigenvalue weighted by atomic mass is 10.1. The molecule has 0 bridgehead atoms. The Labute approximate surface area is 128 Å². The van der Waals surface area contributed by atoms with Gasteiger partial charge in [-0.05, 0) is 42.3 Å². The maximum absolute atomic E-state index is 12.0. The highest BCUT2D eigenvalue weighted by Gasteiger charge is 2.08. The fourth-order valence-electron chi connectivity index (χ4n) is 1.84. The Morgan fingerprint density at radius 2 is 1.73 bits per heavy atom. The smallest absolute Gasteiger partial charge is 0.338 e. The minimum atomic E-state index is -0.554. The number of carbonyl (C=O) groups is 2. The molecule has 2 aromatic rings. The lowest BCUT2D eigenvalue weighted by Crippen LogP contribution is -2.20. The minimum Gasteiger partial charge on any atom is -0.484 e. The summed E-state index contributed by atoms with van der Waals surface area (Å²) in [5.74, 6) is -0.499. The van der Waals surface area contributed by atoms with Crippen molar-refractivity contribution < 1.29 is 19.1 Å². The molecule has 114 valence electrons. The SMILES string of the molecule is Cc1ccccc1COC(=O)c1ccc(OCC(N)=O)cc1. The number of carbonyl (C=O) groups excluding carboxylic acids is 2. The van der Waals surface area contributed by atoms with Crippen molar-refractivity contribution in [1.29, 1.82) is 0 Å². The van der Waals surface area contributed by atoms with E-state index in [0.29, 0.717) is 11.3 Å². The Hall–Kier alpha value is -2.82. The van der Waals surface area contributed by atoms with Crippen LogP contribution in [0, 0.1) is 6.92 Å². The molecule has 5 nitrogen and oxygen atoms in total. The fraction of sp³-hybridized carbons (Fsp3) is 0.176. The molecular formula is C17H17NO4. The van der Waals surface area contributed by atoms with Crippen molar-refractivity contribution in [3.8, 4) is 5.75 Å². The van der Waals surface area contributed by atoms with Gasteiger partial charge < -0.3 is 15.2 Å². The summed E-state index contributed by atoms with van der Waals surface area (Å²) >= 11 is 0. The van der Waals surface area contributed by atoms with E-state index in [-0.39, 0.29) is 13.2 Å². The van der Waals surface area contributed by atoms with E-state index >= 15 is 0 Å². The van der Waals surface area contributed by atoms with Gasteiger partial charge in [0.05, 0.1) is 5.56 Å². The van der Waals surface area contributed by atoms with Crippen LogP contribution in [0.4, 0.5) is 0 Å². The van der Waals surface area contributed by atoms with E-state index in [1.54, 1.807) is 24.3 Å². The third kappa shape index (κ3) is 4.34. The largest absolute Gasteiger partial charge is 0.484 e. The van der Waals surface area contributed by atoms with E-state index in [1.807, 2.05) is 31.2 Å². The first kappa shape index (κ1) is 15.6. The standard InChI is InChI=1S/C17H17NO4/c1-12-4-2-3-5-14(12)10-22-17(20)13-6-8-15(9-7-13)21-11-16(18)19/h2-9H,10-11H2,1H3,(H2,18,19). The van der Waals surface area contributed by atoms with Crippen LogP contribution in [0.25, 0.3) is 0 Å². The molecule has 0 aliphatic heterocycles. The lowest BCUT2D eigenvalue weighted by Gasteiger charge is -2.08. The average Bonchev–Trinajstić information content (AvgIpc) is 2.52. The van der Waals surface area contributed by atoms with E-state index in [9.17, 15) is 9.59 Å². The number of nitrogens with two attached hydrogens (primary N) is 1. The molecule has 2 N–H and O–H groups in total. The Morgan fingerprint density at radius 1 is 1.05 bits per heavy atom. The molecule has 0 atom stereocenters. The van der Waals surface area contributed by atoms with Gasteiger partial charge in [-0.3, -0.25) is 4.79 Å². The zero-order chi connectivity index (χ0) is 15.9. The van der Waals surface area contributed by atoms with Gasteiger partial charge in [0, 0.05) is 0 Å². The molecular weight excluding hydrogens is 282 g/mol. The second kappa shape index (κ2) is 7.26. The van der Waals surface area contributed by atoms with Gasteiger partial charge in [-0.2, -0.15) is 0 Å². The number of hydrogen-bond donors (Lipinski definition) is 1. The van der Waals surface area contributed by atoms with E-state index in [1.165, 1.54) is 0 Å². The molecule has 0 heterocycles. The summed E-state index contributed by atoms with van der Waals surface area (Å²) in [6, 6.07) is 14.1. The molecule has 0 unspecified atom stereocenters. The van der Waals surface area contributed by atoms with E-state index in [2.05, 4.69) is 0 Å². The third-order valence-corrected chi connectivity index (χ3v) is 3.09. The number of esters is 1. The van der Waals surface area contributed by atoms with Gasteiger partial charge in [-0.1, -0.05) is 24.3 Å². The summed E-state index contributed by atoms with van der Waals surface area (Å²) in [5, 5.41) is 0. The van der Waals surface area contributed by atoms with E-state index < -0.39 is 11.9 Å². The number of primary amides is 1. The molecule has 2 rings (SSSR count). The summed E-state index contributed by atoms with van der Waals surface area (Å²) in [6.07, 6.45) is 0. The van der Waals surface area contributed by atoms with Crippen molar-refractivity contribution >= 4 is 11.9 Å². The quantitative estimate of drug-likeness (QED) is 0.829. The highest BCUT2D eigenvalue weighted by molar-refractivity contribution is 5.89. The number of rotatable bonds is 6. The van der Waals surface area contributed by atoms with Gasteiger partial charge in [0.1, 0.15) is 12.4 Å². The lowest BCUT2D eigenvalue weighted by molar-refractivity contribution is -0.119. The third-order valence-electron chi connectivity index (χ3n) is 3.09. The first-order valence-electron chi connectivity index (χ1n) is 6.79. The monoisotopic (exact) mass is 299 g/mol. The highest BCUT2D eigenvalue weighted by Crippen LogP contribution is 2.14. The van der Waals surface area contributed by atoms with Crippen molar-refractivity contribution in [3.05, 3.63) is 65.2 Å². The van der Waals surface area contributed by atoms with Gasteiger partial charge in [0.25, 0.3) is 5.91 Å². The van der Waals surface area contributed by atoms with E-state index in [0.717, 1.165) is 11.1 Å². The van der Waals surface area contributed by atoms with Gasteiger partial charge in [-0.25, -0.2) is 4.79 Å². The topological polar surface area (TPSA) is 78.6 Å². The Bertz CT molecular complexity index is 665. The molecule has 0 spiro atoms. The number of hydrogen-bond acceptors (Lipinski definition) is 4. The maximum Gasteiger partial charge on any atom is 0.338 e. The normalized spacial score (nSPS) is 10.0. The number of aryl methyl sites for hydroxylation is 1. The second-order valence-electron chi connectivity index (χ2n) is 4.78. The maximum atomic E-state index is 12.0. The van der Waals surface area contributed by atoms with Crippen LogP contribution >= 0.6 is 0 Å². The molecule has 0 aromatic heterocycles. The predicted octanol–water partition coefficient (Wildman–Crippen LogP) is 2.22. The summed E-state index contributed by atoms with van der Waals surface area (Å²) in [6.45, 7) is 2.00. The molecule has 0 saturated carbocycles. The summed E-state index contributed by atoms with van der Waals surface area (Å²) in [4.78, 5) is 22.6. The van der Waals surface area contributed by atoms with Gasteiger partial charge >= 0.3 is 5.97 Å². The zero-order valence-corrected chi connectivity index (χ0v) is 12.2. The average molecular weight is 299 g/mol. The van der Waals surface area contributed by atoms with Crippen molar-refractivity contribution in [2.24, 2.45) is 5.73 Å². The van der Waals surface area contributed by atoms with E-state index in [4.69, 9.17) is 15.2 Å². The molecule has 0 aliphatic carbocycles. The Kier molecular flexibility index (Phi) is 5.14. The van der Waals surface area contributed by atoms with Crippen LogP contribution in [-0.4, -0.2) is 18.5 Å². The second-order valence-corrected chi connectivity index (χ2v) is 4.78. The van der Waals surface area contributed by atoms with Gasteiger partial charge in [0.15, 0.2) is 6.61 Å². The number of ether oxygens (including phenoxy) is 2. The van der Waals surface area contributed by atoms with Crippen LogP contribution < -0.4 is 10.5 Å². The molecule has 22 heavy (non-hydrogen) atoms. The van der Waals surface area contributed by atoms with Crippen LogP contribution in [0.5, 0.6) is 5.75 Å². The van der Waals surface area contributed by atoms with Crippen molar-refractivity contribution in [1.82, 2.24) is 0 Å². The Morgan fingerprint density at radius 3 is 2.36 bits per heavy atom. The van der Waals surface area contributed by atoms with Crippen molar-refractivity contribution in [3.63, 3.8) is 0 Å². The first-order valence-corrected chi connectivity index (χ1v) is 6.79. The number of benzene rings is 2. The van der Waals surface area contributed by atoms with Crippen LogP contribution in [0.2, 0.25) is 0 Å². The first-order chi connectivity index (χ1) is 10.6. The summed E-state index contributed by atoms with van der Waals surface area (Å²) < 4.78 is 10.4. The number of amides is 1. The highest BCUT2D eigenvalue weighted by atomic mass is 16.5. The van der Waals surface area contributed by atoms with Crippen LogP contribution in [0.15, 0.2) is 48.5 Å². The fourth-order valence-corrected chi connectivity index (χ4v) is 1.84. The van der Waals surface area contributed by atoms with Gasteiger partial charge in [0.2, 0.25) is 0 Å². The Balaban J connectivity index is 1.92. The summed E-state index contributed by atoms with van der Waals surface area (Å²) in [7, 11) is 0. The molecule has 5 heteroatoms. The molecule has 0 aliphatic rings. The molecule has 0 fully saturated rings. The van der Waals surface area contributed by atoms with Crippen LogP contribution in [0.3, 0.4) is 0 Å². The molecule has 0 radical (unpaired) electrons. The zero-order valence-electron chi connectivity index (χ0n) is 12.2. The summed E-state index contributed by atoms with van der Waals surface area (Å²) in [5.41, 5.74) is 7.45. The van der Waals surface area contributed by atoms with Crippen LogP contribution in [-0.2, 0) is 16.1 Å². The van der Waals surface area contributed by atoms with Gasteiger partial charge in [-0.15, -0.1) is 0 Å². The molecule has 2 aromatic carbocycles. The van der Waals surface area contributed by atoms with Crippen molar-refractivity contribution in [2.75, 3.05) is 6.61 Å². The molecule has 0 saturated heterocycles. The molecule has 1 amide bonds. The van der Waals surface area contributed by atoms with Crippen molar-refractivity contribution in [2.45, 2.75) is 13.5 Å². The minimum absolute atomic E-state index is 0.197.